The van der Waals surface area contributed by atoms with E-state index in [0.29, 0.717) is 4.91 Å². The van der Waals surface area contributed by atoms with Crippen molar-refractivity contribution in [3.05, 3.63) is 55.8 Å². The molecule has 0 radical (unpaired) electrons. The number of rotatable bonds is 3. The topological polar surface area (TPSA) is 97.8 Å². The molecule has 1 aromatic heterocycles. The molecule has 3 rings (SSSR count). The Morgan fingerprint density at radius 2 is 1.50 bits per heavy atom. The highest BCUT2D eigenvalue weighted by Gasteiger charge is 2.33. The van der Waals surface area contributed by atoms with Crippen LogP contribution in [0, 0.1) is 23.3 Å². The second-order valence-electron chi connectivity index (χ2n) is 5.19. The van der Waals surface area contributed by atoms with Gasteiger partial charge in [-0.2, -0.15) is 8.78 Å². The Labute approximate surface area is 171 Å². The number of ether oxygens (including phenoxy) is 1. The number of benzene rings is 2. The second-order valence-corrected chi connectivity index (χ2v) is 7.95. The molecular formula is C14H9Cl3F4N5OS+. The molecular weight excluding hydrogens is 469 g/mol. The Morgan fingerprint density at radius 1 is 0.964 bits per heavy atom. The molecule has 150 valence electrons. The number of anilines is 1. The van der Waals surface area contributed by atoms with Crippen molar-refractivity contribution >= 4 is 51.2 Å². The smallest absolute Gasteiger partial charge is 0.279 e. The zero-order chi connectivity index (χ0) is 20.7. The summed E-state index contributed by atoms with van der Waals surface area (Å²) < 4.78 is 63.9. The lowest BCUT2D eigenvalue weighted by molar-refractivity contribution is 0.441. The molecule has 28 heavy (non-hydrogen) atoms. The number of hydrogen-bond acceptors (Lipinski definition) is 3. The molecule has 0 amide bonds. The number of aromatic amines is 2. The monoisotopic (exact) mass is 476 g/mol. The Balaban J connectivity index is 2.15. The average Bonchev–Trinajstić information content (AvgIpc) is 2.61. The highest BCUT2D eigenvalue weighted by Crippen LogP contribution is 2.41. The van der Waals surface area contributed by atoms with Gasteiger partial charge >= 0.3 is 0 Å². The quantitative estimate of drug-likeness (QED) is 0.130. The number of nitrogens with zero attached hydrogens (tertiary/aromatic N) is 1. The van der Waals surface area contributed by atoms with Crippen LogP contribution in [-0.2, 0) is 0 Å². The number of aromatic nitrogens is 3. The summed E-state index contributed by atoms with van der Waals surface area (Å²) in [6.45, 7) is 0. The predicted molar refractivity (Wildman–Crippen MR) is 101 cm³/mol. The molecule has 0 saturated carbocycles. The van der Waals surface area contributed by atoms with Crippen molar-refractivity contribution in [1.82, 2.24) is 14.5 Å². The van der Waals surface area contributed by atoms with Crippen LogP contribution < -0.4 is 16.3 Å². The first kappa shape index (κ1) is 20.5. The van der Waals surface area contributed by atoms with Crippen molar-refractivity contribution in [2.45, 2.75) is 0 Å². The van der Waals surface area contributed by atoms with Crippen molar-refractivity contribution in [2.75, 3.05) is 11.6 Å². The molecule has 6 N–H and O–H groups in total. The van der Waals surface area contributed by atoms with Crippen molar-refractivity contribution in [3.63, 3.8) is 0 Å². The van der Waals surface area contributed by atoms with Gasteiger partial charge in [0.15, 0.2) is 17.4 Å². The summed E-state index contributed by atoms with van der Waals surface area (Å²) in [5.41, 5.74) is 3.73. The van der Waals surface area contributed by atoms with Gasteiger partial charge in [0.2, 0.25) is 17.0 Å². The fraction of sp³-hybridized carbons (Fsp3) is 0. The summed E-state index contributed by atoms with van der Waals surface area (Å²) in [6, 6.07) is 2.69. The number of nitrogens with two attached hydrogens (primary N) is 2. The van der Waals surface area contributed by atoms with E-state index in [1.54, 1.807) is 0 Å². The second kappa shape index (κ2) is 7.66. The van der Waals surface area contributed by atoms with Crippen LogP contribution >= 0.6 is 45.5 Å². The Morgan fingerprint density at radius 3 is 2.04 bits per heavy atom. The van der Waals surface area contributed by atoms with E-state index in [1.165, 1.54) is 12.1 Å². The number of nitrogens with one attached hydrogen (secondary N) is 2. The van der Waals surface area contributed by atoms with Gasteiger partial charge < -0.3 is 16.3 Å². The van der Waals surface area contributed by atoms with Crippen LogP contribution in [0.4, 0.5) is 23.2 Å². The van der Waals surface area contributed by atoms with Gasteiger partial charge in [0, 0.05) is 5.02 Å². The lowest BCUT2D eigenvalue weighted by Crippen LogP contribution is -2.17. The summed E-state index contributed by atoms with van der Waals surface area (Å²) in [5.74, 6) is -1.49. The zero-order valence-electron chi connectivity index (χ0n) is 13.3. The van der Waals surface area contributed by atoms with E-state index in [0.717, 1.165) is 5.38 Å². The lowest BCUT2D eigenvalue weighted by Gasteiger charge is -2.10. The van der Waals surface area contributed by atoms with Gasteiger partial charge in [0.25, 0.3) is 10.8 Å². The van der Waals surface area contributed by atoms with E-state index in [1.807, 2.05) is 0 Å². The lowest BCUT2D eigenvalue weighted by atomic mass is 10.2. The molecule has 1 heterocycles. The predicted octanol–water partition coefficient (Wildman–Crippen LogP) is 5.61. The van der Waals surface area contributed by atoms with Crippen LogP contribution in [-0.4, -0.2) is 14.5 Å². The van der Waals surface area contributed by atoms with E-state index < -0.39 is 44.5 Å². The third-order valence-corrected chi connectivity index (χ3v) is 5.73. The Kier molecular flexibility index (Phi) is 5.62. The molecule has 14 heteroatoms. The molecule has 0 saturated heterocycles. The van der Waals surface area contributed by atoms with Crippen LogP contribution in [0.1, 0.15) is 0 Å². The summed E-state index contributed by atoms with van der Waals surface area (Å²) in [6.07, 6.45) is 0. The van der Waals surface area contributed by atoms with E-state index >= 15 is 0 Å². The maximum atomic E-state index is 14.2. The van der Waals surface area contributed by atoms with Crippen LogP contribution in [0.25, 0.3) is 4.90 Å². The van der Waals surface area contributed by atoms with Crippen LogP contribution in [0.5, 0.6) is 11.6 Å². The summed E-state index contributed by atoms with van der Waals surface area (Å²) in [5, 5.41) is 3.84. The zero-order valence-corrected chi connectivity index (χ0v) is 16.4. The third-order valence-electron chi connectivity index (χ3n) is 3.30. The van der Waals surface area contributed by atoms with Gasteiger partial charge in [-0.3, -0.25) is 0 Å². The number of nitrogen functional groups attached to an aromatic ring is 2. The van der Waals surface area contributed by atoms with E-state index in [-0.39, 0.29) is 26.7 Å². The molecule has 1 unspecified atom stereocenters. The van der Waals surface area contributed by atoms with Gasteiger partial charge in [-0.1, -0.05) is 44.2 Å². The van der Waals surface area contributed by atoms with Crippen molar-refractivity contribution in [1.29, 1.82) is 0 Å². The van der Waals surface area contributed by atoms with Crippen LogP contribution in [0.2, 0.25) is 15.1 Å². The molecule has 0 spiro atoms. The standard InChI is InChI=1S/C14H9Cl3F4N5OS/c15-4-1-5(16)13(6(17)2-4)27-7-3-28(25-26(23)24-7)14-10(20)8(18)12(22)9(19)11(14)21/h1-3,24-25H,22-23H2/q+1. The van der Waals surface area contributed by atoms with E-state index in [4.69, 9.17) is 51.1 Å². The van der Waals surface area contributed by atoms with E-state index in [2.05, 4.69) is 9.59 Å². The molecule has 0 aliphatic rings. The van der Waals surface area contributed by atoms with Gasteiger partial charge in [0.05, 0.1) is 10.0 Å². The average molecular weight is 478 g/mol. The van der Waals surface area contributed by atoms with Gasteiger partial charge in [-0.15, -0.1) is 0 Å². The highest BCUT2D eigenvalue weighted by molar-refractivity contribution is 7.33. The van der Waals surface area contributed by atoms with Crippen molar-refractivity contribution in [2.24, 2.45) is 0 Å². The van der Waals surface area contributed by atoms with Gasteiger partial charge in [-0.05, 0) is 12.1 Å². The molecule has 0 bridgehead atoms. The van der Waals surface area contributed by atoms with Gasteiger partial charge in [-0.25, -0.2) is 13.9 Å². The maximum Gasteiger partial charge on any atom is 0.279 e. The van der Waals surface area contributed by atoms with Crippen molar-refractivity contribution in [3.8, 4) is 16.5 Å². The largest absolute Gasteiger partial charge is 0.432 e. The fourth-order valence-corrected chi connectivity index (χ4v) is 4.41. The first-order chi connectivity index (χ1) is 13.1. The first-order valence-corrected chi connectivity index (χ1v) is 9.48. The molecule has 0 fully saturated rings. The molecule has 3 aromatic rings. The Bertz CT molecular complexity index is 1070. The maximum absolute atomic E-state index is 14.2. The molecule has 0 aliphatic heterocycles. The first-order valence-electron chi connectivity index (χ1n) is 7.06. The normalized spacial score (nSPS) is 11.6. The highest BCUT2D eigenvalue weighted by atomic mass is 35.5. The minimum Gasteiger partial charge on any atom is -0.432 e. The molecule has 1 atom stereocenters. The fourth-order valence-electron chi connectivity index (χ4n) is 2.12. The van der Waals surface area contributed by atoms with Crippen molar-refractivity contribution < 1.29 is 22.3 Å². The number of H-pyrrole nitrogens is 2. The molecule has 2 aromatic carbocycles. The minimum absolute atomic E-state index is 0.0316. The SMILES string of the molecule is Nc1c(F)c(F)c(-[s+]2cc(Oc3c(Cl)cc(Cl)cc3Cl)[nH]n(N)[nH]2)c(F)c1F. The summed E-state index contributed by atoms with van der Waals surface area (Å²) in [7, 11) is -1.81. The summed E-state index contributed by atoms with van der Waals surface area (Å²) in [4.78, 5) is -0.308. The van der Waals surface area contributed by atoms with Gasteiger partial charge in [0.1, 0.15) is 16.4 Å². The van der Waals surface area contributed by atoms with Crippen LogP contribution in [0.15, 0.2) is 17.5 Å². The van der Waals surface area contributed by atoms with Crippen LogP contribution in [0.3, 0.4) is 0 Å². The van der Waals surface area contributed by atoms with E-state index in [9.17, 15) is 17.6 Å². The summed E-state index contributed by atoms with van der Waals surface area (Å²) >= 11 is 17.8. The third kappa shape index (κ3) is 3.70. The molecule has 0 aliphatic carbocycles. The number of halogens is 7. The Hall–Kier alpha value is -2.21. The number of hydrogen-bond donors (Lipinski definition) is 4. The minimum atomic E-state index is -1.81. The molecule has 6 nitrogen and oxygen atoms in total.